The SMILES string of the molecule is C#CCOC/[C](=C/C)[Sn]([CH2]CCC)([CH2]CCC)[CH2]CCC. The van der Waals surface area contributed by atoms with Crippen molar-refractivity contribution in [1.29, 1.82) is 0 Å². The first-order chi connectivity index (χ1) is 10.2. The molecular weight excluding hydrogens is 363 g/mol. The summed E-state index contributed by atoms with van der Waals surface area (Å²) in [6.45, 7) is 10.4. The molecule has 0 rings (SSSR count). The van der Waals surface area contributed by atoms with Gasteiger partial charge in [-0.1, -0.05) is 0 Å². The molecule has 0 amide bonds. The van der Waals surface area contributed by atoms with E-state index in [-0.39, 0.29) is 0 Å². The van der Waals surface area contributed by atoms with E-state index in [1.807, 2.05) is 0 Å². The Balaban J connectivity index is 5.09. The zero-order chi connectivity index (χ0) is 16.0. The van der Waals surface area contributed by atoms with Gasteiger partial charge in [-0.15, -0.1) is 0 Å². The molecule has 0 aromatic heterocycles. The molecule has 0 N–H and O–H groups in total. The van der Waals surface area contributed by atoms with Crippen molar-refractivity contribution in [3.05, 3.63) is 9.67 Å². The Morgan fingerprint density at radius 3 is 1.81 bits per heavy atom. The molecule has 1 nitrogen and oxygen atoms in total. The molecule has 0 fully saturated rings. The second-order valence-corrected chi connectivity index (χ2v) is 19.5. The third-order valence-electron chi connectivity index (χ3n) is 4.50. The molecule has 0 spiro atoms. The summed E-state index contributed by atoms with van der Waals surface area (Å²) in [5.41, 5.74) is 0. The van der Waals surface area contributed by atoms with E-state index >= 15 is 0 Å². The molecule has 0 aromatic rings. The maximum absolute atomic E-state index is 5.73. The molecule has 122 valence electrons. The third kappa shape index (κ3) is 8.31. The quantitative estimate of drug-likeness (QED) is 0.211. The Labute approximate surface area is 137 Å². The van der Waals surface area contributed by atoms with Gasteiger partial charge in [0.1, 0.15) is 0 Å². The number of hydrogen-bond acceptors (Lipinski definition) is 1. The average Bonchev–Trinajstić information content (AvgIpc) is 2.52. The van der Waals surface area contributed by atoms with E-state index in [1.54, 1.807) is 3.59 Å². The number of hydrogen-bond donors (Lipinski definition) is 0. The van der Waals surface area contributed by atoms with Crippen LogP contribution < -0.4 is 0 Å². The fourth-order valence-corrected chi connectivity index (χ4v) is 19.8. The molecule has 0 aliphatic rings. The van der Waals surface area contributed by atoms with Gasteiger partial charge in [0.25, 0.3) is 0 Å². The van der Waals surface area contributed by atoms with Gasteiger partial charge in [-0.25, -0.2) is 0 Å². The Morgan fingerprint density at radius 1 is 1.00 bits per heavy atom. The summed E-state index contributed by atoms with van der Waals surface area (Å²) in [7, 11) is 0. The minimum atomic E-state index is -2.25. The van der Waals surface area contributed by atoms with E-state index in [0.29, 0.717) is 6.61 Å². The first-order valence-corrected chi connectivity index (χ1v) is 16.4. The molecule has 0 bridgehead atoms. The van der Waals surface area contributed by atoms with Gasteiger partial charge in [0.05, 0.1) is 0 Å². The van der Waals surface area contributed by atoms with Gasteiger partial charge in [0, 0.05) is 0 Å². The van der Waals surface area contributed by atoms with Crippen molar-refractivity contribution in [2.75, 3.05) is 13.2 Å². The number of terminal acetylenes is 1. The molecule has 0 heterocycles. The topological polar surface area (TPSA) is 9.23 Å². The molecule has 0 saturated carbocycles. The Kier molecular flexibility index (Phi) is 13.7. The summed E-state index contributed by atoms with van der Waals surface area (Å²) in [6, 6.07) is 0. The molecule has 0 unspecified atom stereocenters. The van der Waals surface area contributed by atoms with Crippen LogP contribution in [-0.2, 0) is 4.74 Å². The second kappa shape index (κ2) is 13.7. The fraction of sp³-hybridized carbons (Fsp3) is 0.789. The van der Waals surface area contributed by atoms with Crippen LogP contribution in [0.5, 0.6) is 0 Å². The number of rotatable bonds is 13. The first-order valence-electron chi connectivity index (χ1n) is 8.87. The van der Waals surface area contributed by atoms with Crippen molar-refractivity contribution in [2.45, 2.75) is 79.5 Å². The summed E-state index contributed by atoms with van der Waals surface area (Å²) < 4.78 is 11.9. The third-order valence-corrected chi connectivity index (χ3v) is 20.8. The number of allylic oxidation sites excluding steroid dienone is 1. The van der Waals surface area contributed by atoms with Crippen molar-refractivity contribution in [3.8, 4) is 12.3 Å². The van der Waals surface area contributed by atoms with Gasteiger partial charge in [0.15, 0.2) is 0 Å². The zero-order valence-electron chi connectivity index (χ0n) is 14.8. The number of unbranched alkanes of at least 4 members (excludes halogenated alkanes) is 3. The van der Waals surface area contributed by atoms with Crippen molar-refractivity contribution < 1.29 is 4.74 Å². The van der Waals surface area contributed by atoms with E-state index in [1.165, 1.54) is 51.8 Å². The normalized spacial score (nSPS) is 12.4. The molecule has 2 heteroatoms. The maximum atomic E-state index is 5.73. The summed E-state index contributed by atoms with van der Waals surface area (Å²) in [5, 5.41) is 0. The van der Waals surface area contributed by atoms with E-state index in [4.69, 9.17) is 11.2 Å². The van der Waals surface area contributed by atoms with Crippen LogP contribution in [0.4, 0.5) is 0 Å². The Bertz CT molecular complexity index is 292. The van der Waals surface area contributed by atoms with Crippen LogP contribution in [0.25, 0.3) is 0 Å². The second-order valence-electron chi connectivity index (χ2n) is 6.10. The van der Waals surface area contributed by atoms with Crippen LogP contribution in [0.1, 0.15) is 66.2 Å². The monoisotopic (exact) mass is 400 g/mol. The molecule has 21 heavy (non-hydrogen) atoms. The number of ether oxygens (including phenoxy) is 1. The van der Waals surface area contributed by atoms with Gasteiger partial charge < -0.3 is 0 Å². The van der Waals surface area contributed by atoms with Crippen LogP contribution in [0, 0.1) is 12.3 Å². The molecule has 0 aromatic carbocycles. The van der Waals surface area contributed by atoms with Gasteiger partial charge >= 0.3 is 138 Å². The van der Waals surface area contributed by atoms with E-state index in [9.17, 15) is 0 Å². The Hall–Kier alpha value is 0.0587. The van der Waals surface area contributed by atoms with E-state index in [0.717, 1.165) is 6.61 Å². The first kappa shape index (κ1) is 21.1. The van der Waals surface area contributed by atoms with Crippen molar-refractivity contribution >= 4 is 18.4 Å². The summed E-state index contributed by atoms with van der Waals surface area (Å²) in [6.07, 6.45) is 15.9. The molecule has 0 saturated heterocycles. The van der Waals surface area contributed by atoms with Crippen molar-refractivity contribution in [2.24, 2.45) is 0 Å². The summed E-state index contributed by atoms with van der Waals surface area (Å²) >= 11 is -2.25. The predicted molar refractivity (Wildman–Crippen MR) is 98.3 cm³/mol. The van der Waals surface area contributed by atoms with Crippen molar-refractivity contribution in [3.63, 3.8) is 0 Å². The molecule has 0 aliphatic carbocycles. The molecule has 0 radical (unpaired) electrons. The van der Waals surface area contributed by atoms with Gasteiger partial charge in [-0.3, -0.25) is 0 Å². The van der Waals surface area contributed by atoms with Gasteiger partial charge in [0.2, 0.25) is 0 Å². The van der Waals surface area contributed by atoms with Crippen LogP contribution in [-0.4, -0.2) is 31.6 Å². The van der Waals surface area contributed by atoms with Crippen LogP contribution in [0.15, 0.2) is 9.67 Å². The van der Waals surface area contributed by atoms with E-state index in [2.05, 4.69) is 39.7 Å². The predicted octanol–water partition coefficient (Wildman–Crippen LogP) is 5.97. The Morgan fingerprint density at radius 2 is 1.48 bits per heavy atom. The van der Waals surface area contributed by atoms with Gasteiger partial charge in [-0.05, 0) is 0 Å². The van der Waals surface area contributed by atoms with Crippen LogP contribution >= 0.6 is 0 Å². The van der Waals surface area contributed by atoms with Gasteiger partial charge in [-0.2, -0.15) is 0 Å². The summed E-state index contributed by atoms with van der Waals surface area (Å²) in [4.78, 5) is 0. The minimum absolute atomic E-state index is 0.453. The fourth-order valence-electron chi connectivity index (χ4n) is 3.16. The zero-order valence-corrected chi connectivity index (χ0v) is 17.7. The molecule has 0 atom stereocenters. The van der Waals surface area contributed by atoms with Crippen LogP contribution in [0.2, 0.25) is 13.3 Å². The van der Waals surface area contributed by atoms with E-state index < -0.39 is 18.4 Å². The molecule has 0 aliphatic heterocycles. The van der Waals surface area contributed by atoms with Crippen molar-refractivity contribution in [1.82, 2.24) is 0 Å². The standard InChI is InChI=1S/C7H9O.3C4H9.Sn/c1-3-5-7-8-6-4-2;3*1-3-4-2;/h2-3H,6-7H2,1H3;3*1,3-4H2,2H3;. The molecular formula is C19H36OSn. The van der Waals surface area contributed by atoms with Crippen LogP contribution in [0.3, 0.4) is 0 Å². The summed E-state index contributed by atoms with van der Waals surface area (Å²) in [5.74, 6) is 2.60. The average molecular weight is 399 g/mol.